The van der Waals surface area contributed by atoms with E-state index in [1.165, 1.54) is 6.07 Å². The van der Waals surface area contributed by atoms with Gasteiger partial charge in [-0.15, -0.1) is 0 Å². The first-order valence-corrected chi connectivity index (χ1v) is 6.60. The molecule has 0 saturated heterocycles. The van der Waals surface area contributed by atoms with E-state index in [-0.39, 0.29) is 5.56 Å². The lowest BCUT2D eigenvalue weighted by molar-refractivity contribution is 0.0636. The Kier molecular flexibility index (Phi) is 3.59. The van der Waals surface area contributed by atoms with Gasteiger partial charge >= 0.3 is 6.09 Å². The van der Waals surface area contributed by atoms with Gasteiger partial charge in [0.2, 0.25) is 0 Å². The third kappa shape index (κ3) is 3.03. The van der Waals surface area contributed by atoms with E-state index in [0.29, 0.717) is 15.2 Å². The molecule has 0 aliphatic carbocycles. The molecule has 0 bridgehead atoms. The van der Waals surface area contributed by atoms with Crippen LogP contribution < -0.4 is 5.32 Å². The lowest BCUT2D eigenvalue weighted by Gasteiger charge is -2.19. The highest BCUT2D eigenvalue weighted by Crippen LogP contribution is 2.34. The maximum atomic E-state index is 13.2. The van der Waals surface area contributed by atoms with Gasteiger partial charge in [-0.25, -0.2) is 14.2 Å². The maximum absolute atomic E-state index is 13.2. The molecule has 7 heteroatoms. The van der Waals surface area contributed by atoms with Crippen molar-refractivity contribution >= 4 is 32.6 Å². The molecule has 0 radical (unpaired) electrons. The molecule has 1 amide bonds. The highest BCUT2D eigenvalue weighted by Gasteiger charge is 2.20. The van der Waals surface area contributed by atoms with Crippen LogP contribution in [0, 0.1) is 17.1 Å². The van der Waals surface area contributed by atoms with Gasteiger partial charge in [-0.05, 0) is 26.8 Å². The predicted molar refractivity (Wildman–Crippen MR) is 74.1 cm³/mol. The molecular weight excluding hydrogens is 281 g/mol. The summed E-state index contributed by atoms with van der Waals surface area (Å²) in [4.78, 5) is 16.1. The summed E-state index contributed by atoms with van der Waals surface area (Å²) in [6.45, 7) is 5.21. The number of fused-ring (bicyclic) bond motifs is 1. The zero-order valence-corrected chi connectivity index (χ0v) is 12.0. The lowest BCUT2D eigenvalue weighted by atomic mass is 10.2. The number of rotatable bonds is 1. The topological polar surface area (TPSA) is 75.0 Å². The number of carbonyl (C=O) groups excluding carboxylic acids is 1. The van der Waals surface area contributed by atoms with Crippen molar-refractivity contribution in [1.29, 1.82) is 5.26 Å². The summed E-state index contributed by atoms with van der Waals surface area (Å²) >= 11 is 1.10. The number of anilines is 1. The molecule has 5 nitrogen and oxygen atoms in total. The Morgan fingerprint density at radius 2 is 2.25 bits per heavy atom. The predicted octanol–water partition coefficient (Wildman–Crippen LogP) is 3.65. The second-order valence-electron chi connectivity index (χ2n) is 5.05. The molecule has 0 aromatic carbocycles. The van der Waals surface area contributed by atoms with Crippen molar-refractivity contribution in [3.05, 3.63) is 23.6 Å². The molecule has 0 saturated carbocycles. The first-order valence-electron chi connectivity index (χ1n) is 5.78. The van der Waals surface area contributed by atoms with Crippen molar-refractivity contribution in [2.45, 2.75) is 26.4 Å². The molecule has 0 atom stereocenters. The van der Waals surface area contributed by atoms with Crippen molar-refractivity contribution in [2.24, 2.45) is 0 Å². The molecule has 0 aliphatic rings. The molecule has 0 unspecified atom stereocenters. The van der Waals surface area contributed by atoms with Crippen molar-refractivity contribution in [3.8, 4) is 6.07 Å². The summed E-state index contributed by atoms with van der Waals surface area (Å²) in [5, 5.41) is 12.3. The molecule has 20 heavy (non-hydrogen) atoms. The van der Waals surface area contributed by atoms with Crippen LogP contribution in [0.3, 0.4) is 0 Å². The minimum Gasteiger partial charge on any atom is -0.444 e. The highest BCUT2D eigenvalue weighted by atomic mass is 32.1. The third-order valence-corrected chi connectivity index (χ3v) is 3.27. The van der Waals surface area contributed by atoms with E-state index in [1.807, 2.05) is 6.07 Å². The van der Waals surface area contributed by atoms with Gasteiger partial charge in [-0.1, -0.05) is 11.3 Å². The highest BCUT2D eigenvalue weighted by molar-refractivity contribution is 7.22. The lowest BCUT2D eigenvalue weighted by Crippen LogP contribution is -2.27. The third-order valence-electron chi connectivity index (χ3n) is 2.24. The van der Waals surface area contributed by atoms with Gasteiger partial charge in [-0.3, -0.25) is 5.32 Å². The van der Waals surface area contributed by atoms with Crippen LogP contribution in [0.5, 0.6) is 0 Å². The van der Waals surface area contributed by atoms with Crippen LogP contribution >= 0.6 is 11.3 Å². The van der Waals surface area contributed by atoms with E-state index in [2.05, 4.69) is 10.3 Å². The van der Waals surface area contributed by atoms with Gasteiger partial charge in [0.15, 0.2) is 0 Å². The number of pyridine rings is 1. The standard InChI is InChI=1S/C13H12FN3O2S/c1-13(2,3)19-12(18)17-11-9(5-15)8-4-7(14)6-16-10(8)20-11/h4,6H,1-3H3,(H,17,18). The van der Waals surface area contributed by atoms with Crippen LogP contribution in [0.25, 0.3) is 10.2 Å². The molecule has 104 valence electrons. The zero-order valence-electron chi connectivity index (χ0n) is 11.2. The summed E-state index contributed by atoms with van der Waals surface area (Å²) in [6.07, 6.45) is 0.401. The van der Waals surface area contributed by atoms with Gasteiger partial charge in [0.1, 0.15) is 27.3 Å². The average Bonchev–Trinajstić information content (AvgIpc) is 2.62. The monoisotopic (exact) mass is 293 g/mol. The fourth-order valence-electron chi connectivity index (χ4n) is 1.55. The van der Waals surface area contributed by atoms with Crippen LogP contribution in [0.4, 0.5) is 14.2 Å². The van der Waals surface area contributed by atoms with Crippen molar-refractivity contribution < 1.29 is 13.9 Å². The number of aromatic nitrogens is 1. The second-order valence-corrected chi connectivity index (χ2v) is 6.05. The van der Waals surface area contributed by atoms with Crippen molar-refractivity contribution in [2.75, 3.05) is 5.32 Å². The van der Waals surface area contributed by atoms with E-state index in [1.54, 1.807) is 20.8 Å². The first-order chi connectivity index (χ1) is 9.30. The van der Waals surface area contributed by atoms with E-state index < -0.39 is 17.5 Å². The molecule has 2 aromatic heterocycles. The van der Waals surface area contributed by atoms with E-state index in [4.69, 9.17) is 10.00 Å². The number of nitrogens with one attached hydrogen (secondary N) is 1. The van der Waals surface area contributed by atoms with Crippen molar-refractivity contribution in [1.82, 2.24) is 4.98 Å². The quantitative estimate of drug-likeness (QED) is 0.870. The molecule has 0 spiro atoms. The Balaban J connectivity index is 2.36. The number of carbonyl (C=O) groups is 1. The molecule has 2 rings (SSSR count). The molecule has 0 aliphatic heterocycles. The van der Waals surface area contributed by atoms with Gasteiger partial charge < -0.3 is 4.74 Å². The summed E-state index contributed by atoms with van der Waals surface area (Å²) in [5.74, 6) is -0.532. The summed E-state index contributed by atoms with van der Waals surface area (Å²) in [5.41, 5.74) is -0.458. The Hall–Kier alpha value is -2.20. The number of nitriles is 1. The first kappa shape index (κ1) is 14.2. The minimum atomic E-state index is -0.666. The smallest absolute Gasteiger partial charge is 0.412 e. The number of thiophene rings is 1. The minimum absolute atomic E-state index is 0.183. The largest absolute Gasteiger partial charge is 0.444 e. The van der Waals surface area contributed by atoms with Gasteiger partial charge in [0.05, 0.1) is 11.8 Å². The maximum Gasteiger partial charge on any atom is 0.412 e. The van der Waals surface area contributed by atoms with Crippen LogP contribution in [-0.4, -0.2) is 16.7 Å². The number of amides is 1. The number of halogens is 1. The molecular formula is C13H12FN3O2S. The SMILES string of the molecule is CC(C)(C)OC(=O)Nc1sc2ncc(F)cc2c1C#N. The summed E-state index contributed by atoms with van der Waals surface area (Å²) in [6, 6.07) is 3.17. The number of hydrogen-bond donors (Lipinski definition) is 1. The Bertz CT molecular complexity index is 713. The number of ether oxygens (including phenoxy) is 1. The summed E-state index contributed by atoms with van der Waals surface area (Å²) < 4.78 is 18.3. The Morgan fingerprint density at radius 1 is 1.55 bits per heavy atom. The van der Waals surface area contributed by atoms with Crippen LogP contribution in [0.1, 0.15) is 26.3 Å². The normalized spacial score (nSPS) is 11.2. The fraction of sp³-hybridized carbons (Fsp3) is 0.308. The Morgan fingerprint density at radius 3 is 2.85 bits per heavy atom. The molecule has 2 heterocycles. The van der Waals surface area contributed by atoms with Crippen LogP contribution in [-0.2, 0) is 4.74 Å². The van der Waals surface area contributed by atoms with Gasteiger partial charge in [0, 0.05) is 5.39 Å². The summed E-state index contributed by atoms with van der Waals surface area (Å²) in [7, 11) is 0. The Labute approximate surface area is 119 Å². The van der Waals surface area contributed by atoms with E-state index in [0.717, 1.165) is 17.5 Å². The van der Waals surface area contributed by atoms with Crippen molar-refractivity contribution in [3.63, 3.8) is 0 Å². The van der Waals surface area contributed by atoms with Gasteiger partial charge in [0.25, 0.3) is 0 Å². The molecule has 1 N–H and O–H groups in total. The number of hydrogen-bond acceptors (Lipinski definition) is 5. The zero-order chi connectivity index (χ0) is 14.9. The average molecular weight is 293 g/mol. The second kappa shape index (κ2) is 5.06. The van der Waals surface area contributed by atoms with Crippen LogP contribution in [0.2, 0.25) is 0 Å². The van der Waals surface area contributed by atoms with Crippen LogP contribution in [0.15, 0.2) is 12.3 Å². The molecule has 2 aromatic rings. The van der Waals surface area contributed by atoms with E-state index in [9.17, 15) is 9.18 Å². The van der Waals surface area contributed by atoms with E-state index >= 15 is 0 Å². The molecule has 0 fully saturated rings. The number of nitrogens with zero attached hydrogens (tertiary/aromatic N) is 2. The fourth-order valence-corrected chi connectivity index (χ4v) is 2.51. The van der Waals surface area contributed by atoms with Gasteiger partial charge in [-0.2, -0.15) is 5.26 Å².